The maximum Gasteiger partial charge on any atom is 0.153 e. The van der Waals surface area contributed by atoms with E-state index in [1.807, 2.05) is 41.3 Å². The van der Waals surface area contributed by atoms with Crippen LogP contribution in [0.5, 0.6) is 0 Å². The Bertz CT molecular complexity index is 589. The number of nitrogens with zero attached hydrogens (tertiary/aromatic N) is 2. The second-order valence-corrected chi connectivity index (χ2v) is 5.12. The van der Waals surface area contributed by atoms with E-state index in [2.05, 4.69) is 4.98 Å². The maximum atomic E-state index is 14.4. The van der Waals surface area contributed by atoms with Crippen LogP contribution in [0.25, 0.3) is 10.9 Å². The van der Waals surface area contributed by atoms with Crippen LogP contribution in [0.15, 0.2) is 36.4 Å². The number of halogens is 1. The molecule has 0 N–H and O–H groups in total. The fourth-order valence-corrected chi connectivity index (χ4v) is 2.64. The van der Waals surface area contributed by atoms with Crippen molar-refractivity contribution >= 4 is 16.7 Å². The molecule has 1 aliphatic rings. The summed E-state index contributed by atoms with van der Waals surface area (Å²) < 4.78 is 19.3. The lowest BCUT2D eigenvalue weighted by Crippen LogP contribution is -2.33. The zero-order valence-electron chi connectivity index (χ0n) is 11.0. The Balaban J connectivity index is 1.85. The third-order valence-corrected chi connectivity index (χ3v) is 3.61. The van der Waals surface area contributed by atoms with E-state index >= 15 is 0 Å². The van der Waals surface area contributed by atoms with E-state index in [0.29, 0.717) is 19.5 Å². The number of ether oxygens (including phenoxy) is 1. The van der Waals surface area contributed by atoms with Crippen LogP contribution in [-0.4, -0.2) is 37.5 Å². The van der Waals surface area contributed by atoms with Gasteiger partial charge in [0, 0.05) is 25.5 Å². The van der Waals surface area contributed by atoms with Crippen LogP contribution in [0.2, 0.25) is 0 Å². The number of anilines is 1. The molecule has 0 amide bonds. The second kappa shape index (κ2) is 4.78. The van der Waals surface area contributed by atoms with Crippen LogP contribution in [0.3, 0.4) is 0 Å². The molecule has 100 valence electrons. The van der Waals surface area contributed by atoms with E-state index in [9.17, 15) is 4.39 Å². The van der Waals surface area contributed by atoms with Crippen molar-refractivity contribution in [3.8, 4) is 0 Å². The van der Waals surface area contributed by atoms with Crippen LogP contribution in [-0.2, 0) is 4.74 Å². The number of hydrogen-bond donors (Lipinski definition) is 0. The first kappa shape index (κ1) is 12.4. The van der Waals surface area contributed by atoms with Crippen molar-refractivity contribution in [2.75, 3.05) is 31.7 Å². The van der Waals surface area contributed by atoms with Crippen molar-refractivity contribution in [2.24, 2.45) is 0 Å². The first-order chi connectivity index (χ1) is 9.20. The average molecular weight is 260 g/mol. The molecule has 1 fully saturated rings. The number of rotatable bonds is 3. The van der Waals surface area contributed by atoms with Gasteiger partial charge in [-0.15, -0.1) is 0 Å². The van der Waals surface area contributed by atoms with Gasteiger partial charge >= 0.3 is 0 Å². The summed E-state index contributed by atoms with van der Waals surface area (Å²) in [6.45, 7) is 1.19. The van der Waals surface area contributed by atoms with E-state index in [1.165, 1.54) is 7.11 Å². The van der Waals surface area contributed by atoms with Gasteiger partial charge in [-0.2, -0.15) is 0 Å². The molecule has 1 aliphatic heterocycles. The molecule has 2 aromatic rings. The summed E-state index contributed by atoms with van der Waals surface area (Å²) in [5.74, 6) is 0.842. The summed E-state index contributed by atoms with van der Waals surface area (Å²) in [7, 11) is 1.54. The van der Waals surface area contributed by atoms with Gasteiger partial charge in [-0.25, -0.2) is 9.37 Å². The van der Waals surface area contributed by atoms with E-state index < -0.39 is 5.67 Å². The van der Waals surface area contributed by atoms with Crippen molar-refractivity contribution in [1.29, 1.82) is 0 Å². The fourth-order valence-electron chi connectivity index (χ4n) is 2.64. The van der Waals surface area contributed by atoms with Gasteiger partial charge < -0.3 is 9.64 Å². The number of alkyl halides is 1. The molecule has 1 atom stereocenters. The van der Waals surface area contributed by atoms with E-state index in [1.54, 1.807) is 0 Å². The normalized spacial score (nSPS) is 23.2. The molecular formula is C15H17FN2O. The highest BCUT2D eigenvalue weighted by Gasteiger charge is 2.38. The zero-order valence-corrected chi connectivity index (χ0v) is 11.0. The van der Waals surface area contributed by atoms with Gasteiger partial charge in [-0.3, -0.25) is 0 Å². The predicted molar refractivity (Wildman–Crippen MR) is 74.3 cm³/mol. The Labute approximate surface area is 112 Å². The second-order valence-electron chi connectivity index (χ2n) is 5.12. The van der Waals surface area contributed by atoms with Crippen LogP contribution in [0.4, 0.5) is 10.2 Å². The molecule has 0 radical (unpaired) electrons. The first-order valence-electron chi connectivity index (χ1n) is 6.49. The van der Waals surface area contributed by atoms with E-state index in [4.69, 9.17) is 4.74 Å². The minimum absolute atomic E-state index is 0.150. The Kier molecular flexibility index (Phi) is 3.11. The van der Waals surface area contributed by atoms with Gasteiger partial charge in [-0.05, 0) is 18.2 Å². The molecule has 2 heterocycles. The molecular weight excluding hydrogens is 243 g/mol. The number of hydrogen-bond acceptors (Lipinski definition) is 3. The summed E-state index contributed by atoms with van der Waals surface area (Å²) in [4.78, 5) is 6.59. The van der Waals surface area contributed by atoms with Gasteiger partial charge in [0.1, 0.15) is 5.82 Å². The average Bonchev–Trinajstić information content (AvgIpc) is 2.81. The molecule has 1 aromatic heterocycles. The highest BCUT2D eigenvalue weighted by Crippen LogP contribution is 2.29. The molecule has 0 bridgehead atoms. The van der Waals surface area contributed by atoms with Crippen molar-refractivity contribution in [1.82, 2.24) is 4.98 Å². The number of para-hydroxylation sites is 1. The quantitative estimate of drug-likeness (QED) is 0.848. The molecule has 3 nitrogen and oxygen atoms in total. The Morgan fingerprint density at radius 2 is 2.16 bits per heavy atom. The van der Waals surface area contributed by atoms with Gasteiger partial charge in [0.05, 0.1) is 18.7 Å². The number of aromatic nitrogens is 1. The zero-order chi connectivity index (χ0) is 13.3. The van der Waals surface area contributed by atoms with E-state index in [-0.39, 0.29) is 6.61 Å². The first-order valence-corrected chi connectivity index (χ1v) is 6.49. The van der Waals surface area contributed by atoms with E-state index in [0.717, 1.165) is 16.7 Å². The molecule has 1 unspecified atom stereocenters. The molecule has 0 saturated carbocycles. The number of pyridine rings is 1. The monoisotopic (exact) mass is 260 g/mol. The van der Waals surface area contributed by atoms with Gasteiger partial charge in [0.25, 0.3) is 0 Å². The molecule has 4 heteroatoms. The smallest absolute Gasteiger partial charge is 0.153 e. The Morgan fingerprint density at radius 1 is 1.32 bits per heavy atom. The van der Waals surface area contributed by atoms with Crippen molar-refractivity contribution in [3.05, 3.63) is 36.4 Å². The van der Waals surface area contributed by atoms with Crippen LogP contribution < -0.4 is 4.90 Å². The predicted octanol–water partition coefficient (Wildman–Crippen LogP) is 2.80. The summed E-state index contributed by atoms with van der Waals surface area (Å²) in [5.41, 5.74) is -0.301. The number of benzene rings is 1. The standard InChI is InChI=1S/C15H17FN2O/c1-19-11-15(16)8-9-18(10-15)14-7-6-12-4-2-3-5-13(12)17-14/h2-7H,8-11H2,1H3. The lowest BCUT2D eigenvalue weighted by Gasteiger charge is -2.21. The molecule has 1 saturated heterocycles. The third kappa shape index (κ3) is 2.40. The lowest BCUT2D eigenvalue weighted by molar-refractivity contribution is 0.0570. The number of fused-ring (bicyclic) bond motifs is 1. The van der Waals surface area contributed by atoms with Crippen molar-refractivity contribution in [2.45, 2.75) is 12.1 Å². The summed E-state index contributed by atoms with van der Waals surface area (Å²) >= 11 is 0. The van der Waals surface area contributed by atoms with Gasteiger partial charge in [0.15, 0.2) is 5.67 Å². The summed E-state index contributed by atoms with van der Waals surface area (Å²) in [6, 6.07) is 12.0. The Morgan fingerprint density at radius 3 is 3.00 bits per heavy atom. The van der Waals surface area contributed by atoms with Gasteiger partial charge in [-0.1, -0.05) is 18.2 Å². The maximum absolute atomic E-state index is 14.4. The number of methoxy groups -OCH3 is 1. The third-order valence-electron chi connectivity index (χ3n) is 3.61. The highest BCUT2D eigenvalue weighted by atomic mass is 19.1. The molecule has 1 aromatic carbocycles. The molecule has 3 rings (SSSR count). The van der Waals surface area contributed by atoms with Gasteiger partial charge in [0.2, 0.25) is 0 Å². The largest absolute Gasteiger partial charge is 0.381 e. The van der Waals surface area contributed by atoms with Crippen molar-refractivity contribution in [3.63, 3.8) is 0 Å². The molecule has 0 spiro atoms. The minimum Gasteiger partial charge on any atom is -0.381 e. The fraction of sp³-hybridized carbons (Fsp3) is 0.400. The lowest BCUT2D eigenvalue weighted by atomic mass is 10.1. The Hall–Kier alpha value is -1.68. The van der Waals surface area contributed by atoms with Crippen LogP contribution in [0, 0.1) is 0 Å². The molecule has 0 aliphatic carbocycles. The van der Waals surface area contributed by atoms with Crippen molar-refractivity contribution < 1.29 is 9.13 Å². The summed E-state index contributed by atoms with van der Waals surface area (Å²) in [6.07, 6.45) is 0.495. The SMILES string of the molecule is COCC1(F)CCN(c2ccc3ccccc3n2)C1. The molecule has 19 heavy (non-hydrogen) atoms. The van der Waals surface area contributed by atoms with Crippen LogP contribution in [0.1, 0.15) is 6.42 Å². The summed E-state index contributed by atoms with van der Waals surface area (Å²) in [5, 5.41) is 1.11. The highest BCUT2D eigenvalue weighted by molar-refractivity contribution is 5.80. The van der Waals surface area contributed by atoms with Crippen LogP contribution >= 0.6 is 0 Å². The topological polar surface area (TPSA) is 25.4 Å². The minimum atomic E-state index is -1.25.